The summed E-state index contributed by atoms with van der Waals surface area (Å²) in [4.78, 5) is 65.2. The minimum absolute atomic E-state index is 0. The molecule has 0 unspecified atom stereocenters. The van der Waals surface area contributed by atoms with Crippen LogP contribution in [0.1, 0.15) is 76.8 Å². The number of para-hydroxylation sites is 1. The molecule has 4 heterocycles. The van der Waals surface area contributed by atoms with Crippen molar-refractivity contribution in [1.82, 2.24) is 43.6 Å². The number of carbonyl (C=O) groups is 4. The first kappa shape index (κ1) is 40.8. The van der Waals surface area contributed by atoms with E-state index in [0.29, 0.717) is 84.6 Å². The molecule has 17 nitrogen and oxygen atoms in total. The number of imidazole rings is 2. The first-order chi connectivity index (χ1) is 26.3. The average molecular weight is 766 g/mol. The number of primary amides is 1. The highest BCUT2D eigenvalue weighted by Crippen LogP contribution is 2.30. The minimum atomic E-state index is -0.578. The van der Waals surface area contributed by atoms with Crippen LogP contribution in [0.4, 0.5) is 17.6 Å². The number of aromatic nitrogens is 8. The van der Waals surface area contributed by atoms with E-state index >= 15 is 0 Å². The number of anilines is 3. The van der Waals surface area contributed by atoms with Gasteiger partial charge in [-0.25, -0.2) is 9.97 Å². The summed E-state index contributed by atoms with van der Waals surface area (Å²) in [6, 6.07) is 14.1. The van der Waals surface area contributed by atoms with Crippen molar-refractivity contribution in [2.45, 2.75) is 74.1 Å². The van der Waals surface area contributed by atoms with Gasteiger partial charge in [0, 0.05) is 38.8 Å². The van der Waals surface area contributed by atoms with E-state index in [-0.39, 0.29) is 31.7 Å². The SMILES string of the molecule is C.CCn1nc(C)cc1C(=O)Nc1nc2cc(C(N)=O)ccc2n1CCCCn1c(NC(=O)c2cc(C)nn2CC)nc2c(N(C)C(=O)CN(C)C)cccc21. The number of amides is 4. The van der Waals surface area contributed by atoms with Gasteiger partial charge in [0.1, 0.15) is 16.9 Å². The fourth-order valence-corrected chi connectivity index (χ4v) is 6.65. The van der Waals surface area contributed by atoms with Crippen molar-refractivity contribution in [1.29, 1.82) is 0 Å². The molecule has 56 heavy (non-hydrogen) atoms. The molecule has 6 aromatic rings. The number of hydrogen-bond donors (Lipinski definition) is 3. The maximum absolute atomic E-state index is 13.7. The maximum Gasteiger partial charge on any atom is 0.276 e. The first-order valence-electron chi connectivity index (χ1n) is 18.2. The van der Waals surface area contributed by atoms with E-state index in [0.717, 1.165) is 22.4 Å². The van der Waals surface area contributed by atoms with Crippen LogP contribution in [0, 0.1) is 13.8 Å². The largest absolute Gasteiger partial charge is 0.366 e. The monoisotopic (exact) mass is 765 g/mol. The average Bonchev–Trinajstić information content (AvgIpc) is 3.91. The minimum Gasteiger partial charge on any atom is -0.366 e. The molecule has 0 atom stereocenters. The molecule has 0 spiro atoms. The smallest absolute Gasteiger partial charge is 0.276 e. The summed E-state index contributed by atoms with van der Waals surface area (Å²) in [5, 5.41) is 14.8. The second kappa shape index (κ2) is 17.0. The van der Waals surface area contributed by atoms with Gasteiger partial charge >= 0.3 is 0 Å². The van der Waals surface area contributed by atoms with E-state index in [1.807, 2.05) is 69.1 Å². The zero-order valence-electron chi connectivity index (χ0n) is 32.3. The third-order valence-electron chi connectivity index (χ3n) is 9.31. The Morgan fingerprint density at radius 2 is 1.30 bits per heavy atom. The third kappa shape index (κ3) is 8.31. The molecule has 6 rings (SSSR count). The number of nitrogens with two attached hydrogens (primary N) is 1. The molecule has 4 amide bonds. The van der Waals surface area contributed by atoms with E-state index in [4.69, 9.17) is 15.7 Å². The summed E-state index contributed by atoms with van der Waals surface area (Å²) in [6.07, 6.45) is 1.27. The van der Waals surface area contributed by atoms with Gasteiger partial charge < -0.3 is 24.7 Å². The molecular formula is C39H51N13O4. The lowest BCUT2D eigenvalue weighted by molar-refractivity contribution is -0.118. The number of nitrogens with one attached hydrogen (secondary N) is 2. The second-order valence-electron chi connectivity index (χ2n) is 13.7. The Labute approximate surface area is 325 Å². The van der Waals surface area contributed by atoms with E-state index in [1.54, 1.807) is 56.5 Å². The number of likely N-dealkylation sites (N-methyl/N-ethyl adjacent to an activating group) is 2. The van der Waals surface area contributed by atoms with Gasteiger partial charge in [-0.2, -0.15) is 10.2 Å². The van der Waals surface area contributed by atoms with Gasteiger partial charge in [-0.1, -0.05) is 13.5 Å². The molecule has 0 aliphatic heterocycles. The van der Waals surface area contributed by atoms with Crippen LogP contribution in [-0.4, -0.2) is 94.9 Å². The summed E-state index contributed by atoms with van der Waals surface area (Å²) in [7, 11) is 5.39. The number of benzene rings is 2. The Morgan fingerprint density at radius 1 is 0.750 bits per heavy atom. The van der Waals surface area contributed by atoms with Crippen LogP contribution >= 0.6 is 0 Å². The molecule has 17 heteroatoms. The van der Waals surface area contributed by atoms with Crippen molar-refractivity contribution in [2.75, 3.05) is 43.2 Å². The zero-order chi connectivity index (χ0) is 39.6. The van der Waals surface area contributed by atoms with Crippen LogP contribution in [0.2, 0.25) is 0 Å². The van der Waals surface area contributed by atoms with Gasteiger partial charge in [-0.3, -0.25) is 39.2 Å². The molecule has 4 aromatic heterocycles. The molecule has 296 valence electrons. The molecule has 2 aromatic carbocycles. The zero-order valence-corrected chi connectivity index (χ0v) is 32.3. The fraction of sp³-hybridized carbons (Fsp3) is 0.385. The lowest BCUT2D eigenvalue weighted by atomic mass is 10.2. The molecule has 0 saturated carbocycles. The summed E-state index contributed by atoms with van der Waals surface area (Å²) >= 11 is 0. The predicted octanol–water partition coefficient (Wildman–Crippen LogP) is 4.68. The summed E-state index contributed by atoms with van der Waals surface area (Å²) in [5.41, 5.74) is 11.3. The van der Waals surface area contributed by atoms with Crippen molar-refractivity contribution < 1.29 is 19.2 Å². The molecular weight excluding hydrogens is 715 g/mol. The molecule has 0 aliphatic rings. The van der Waals surface area contributed by atoms with E-state index in [1.165, 1.54) is 0 Å². The second-order valence-corrected chi connectivity index (χ2v) is 13.7. The van der Waals surface area contributed by atoms with Crippen LogP contribution in [0.3, 0.4) is 0 Å². The summed E-state index contributed by atoms with van der Waals surface area (Å²) in [5.74, 6) is -0.730. The number of rotatable bonds is 15. The van der Waals surface area contributed by atoms with E-state index < -0.39 is 5.91 Å². The van der Waals surface area contributed by atoms with Gasteiger partial charge in [-0.05, 0) is 97.1 Å². The Balaban J connectivity index is 0.00000600. The van der Waals surface area contributed by atoms with Crippen LogP contribution in [-0.2, 0) is 31.0 Å². The molecule has 0 bridgehead atoms. The van der Waals surface area contributed by atoms with Crippen LogP contribution in [0.5, 0.6) is 0 Å². The number of fused-ring (bicyclic) bond motifs is 2. The number of carbonyl (C=O) groups excluding carboxylic acids is 4. The highest BCUT2D eigenvalue weighted by atomic mass is 16.2. The van der Waals surface area contributed by atoms with Crippen LogP contribution in [0.15, 0.2) is 48.5 Å². The van der Waals surface area contributed by atoms with Gasteiger partial charge in [0.15, 0.2) is 0 Å². The maximum atomic E-state index is 13.7. The van der Waals surface area contributed by atoms with Crippen LogP contribution < -0.4 is 21.3 Å². The third-order valence-corrected chi connectivity index (χ3v) is 9.31. The summed E-state index contributed by atoms with van der Waals surface area (Å²) < 4.78 is 7.13. The Morgan fingerprint density at radius 3 is 1.84 bits per heavy atom. The molecule has 0 saturated heterocycles. The Hall–Kier alpha value is -6.36. The first-order valence-corrected chi connectivity index (χ1v) is 18.2. The van der Waals surface area contributed by atoms with Gasteiger partial charge in [-0.15, -0.1) is 0 Å². The van der Waals surface area contributed by atoms with Gasteiger partial charge in [0.25, 0.3) is 11.8 Å². The molecule has 0 radical (unpaired) electrons. The standard InChI is InChI=1S/C38H47N13O4.CH4/c1-8-50-30(19-23(3)44-50)35(54)42-37-40-26-21-25(34(39)53)15-16-27(26)48(37)17-10-11-18-49-29-14-12-13-28(47(7)32(52)22-46(5)6)33(29)41-38(49)43-36(55)31-20-24(4)45-51(31)9-2;/h12-16,19-21H,8-11,17-18,22H2,1-7H3,(H2,39,53)(H,40,42,54)(H,41,43,55);1H4. The molecule has 0 aliphatic carbocycles. The lowest BCUT2D eigenvalue weighted by Gasteiger charge is -2.20. The fourth-order valence-electron chi connectivity index (χ4n) is 6.65. The van der Waals surface area contributed by atoms with Crippen molar-refractivity contribution in [3.63, 3.8) is 0 Å². The summed E-state index contributed by atoms with van der Waals surface area (Å²) in [6.45, 7) is 9.68. The number of unbranched alkanes of at least 4 members (excludes halogenated alkanes) is 1. The van der Waals surface area contributed by atoms with Crippen LogP contribution in [0.25, 0.3) is 22.1 Å². The van der Waals surface area contributed by atoms with Gasteiger partial charge in [0.05, 0.1) is 40.2 Å². The highest BCUT2D eigenvalue weighted by molar-refractivity contribution is 6.06. The van der Waals surface area contributed by atoms with Crippen molar-refractivity contribution >= 4 is 63.3 Å². The normalized spacial score (nSPS) is 11.3. The molecule has 0 fully saturated rings. The Bertz CT molecular complexity index is 2420. The number of nitrogens with zero attached hydrogens (tertiary/aromatic N) is 10. The Kier molecular flexibility index (Phi) is 12.4. The van der Waals surface area contributed by atoms with Crippen molar-refractivity contribution in [3.05, 3.63) is 76.9 Å². The topological polar surface area (TPSA) is 196 Å². The van der Waals surface area contributed by atoms with Gasteiger partial charge in [0.2, 0.25) is 23.7 Å². The van der Waals surface area contributed by atoms with Crippen molar-refractivity contribution in [3.8, 4) is 0 Å². The number of hydrogen-bond acceptors (Lipinski definition) is 9. The number of aryl methyl sites for hydroxylation is 6. The highest BCUT2D eigenvalue weighted by Gasteiger charge is 2.23. The lowest BCUT2D eigenvalue weighted by Crippen LogP contribution is -2.35. The predicted molar refractivity (Wildman–Crippen MR) is 217 cm³/mol. The van der Waals surface area contributed by atoms with E-state index in [2.05, 4.69) is 20.8 Å². The van der Waals surface area contributed by atoms with E-state index in [9.17, 15) is 19.2 Å². The van der Waals surface area contributed by atoms with Crippen molar-refractivity contribution in [2.24, 2.45) is 5.73 Å². The molecule has 4 N–H and O–H groups in total. The quantitative estimate of drug-likeness (QED) is 0.124.